The van der Waals surface area contributed by atoms with E-state index in [9.17, 15) is 9.59 Å². The van der Waals surface area contributed by atoms with E-state index in [1.165, 1.54) is 6.08 Å². The molecule has 0 bridgehead atoms. The molecule has 1 fully saturated rings. The van der Waals surface area contributed by atoms with E-state index >= 15 is 0 Å². The van der Waals surface area contributed by atoms with Crippen molar-refractivity contribution in [3.8, 4) is 0 Å². The smallest absolute Gasteiger partial charge is 0.322 e. The van der Waals surface area contributed by atoms with E-state index in [2.05, 4.69) is 32.3 Å². The molecule has 162 valence electrons. The molecular formula is C22H22N8O2. The Morgan fingerprint density at radius 3 is 2.84 bits per heavy atom. The summed E-state index contributed by atoms with van der Waals surface area (Å²) in [5.41, 5.74) is 2.01. The van der Waals surface area contributed by atoms with Gasteiger partial charge in [-0.05, 0) is 37.1 Å². The zero-order valence-electron chi connectivity index (χ0n) is 17.5. The molecule has 0 atom stereocenters. The molecule has 32 heavy (non-hydrogen) atoms. The number of nitrogens with zero attached hydrogens (tertiary/aromatic N) is 6. The van der Waals surface area contributed by atoms with Crippen LogP contribution in [-0.2, 0) is 18.4 Å². The topological polar surface area (TPSA) is 108 Å². The van der Waals surface area contributed by atoms with Crippen molar-refractivity contribution in [1.82, 2.24) is 24.6 Å². The highest BCUT2D eigenvalue weighted by Crippen LogP contribution is 2.39. The molecule has 3 amide bonds. The summed E-state index contributed by atoms with van der Waals surface area (Å²) in [7, 11) is 1.82. The zero-order valence-corrected chi connectivity index (χ0v) is 17.5. The molecule has 0 radical (unpaired) electrons. The molecular weight excluding hydrogens is 408 g/mol. The summed E-state index contributed by atoms with van der Waals surface area (Å²) in [4.78, 5) is 37.7. The fourth-order valence-electron chi connectivity index (χ4n) is 3.65. The molecule has 1 aromatic carbocycles. The van der Waals surface area contributed by atoms with Gasteiger partial charge in [0.05, 0.1) is 12.2 Å². The van der Waals surface area contributed by atoms with Crippen molar-refractivity contribution in [3.05, 3.63) is 60.9 Å². The maximum atomic E-state index is 13.5. The summed E-state index contributed by atoms with van der Waals surface area (Å²) < 4.78 is 1.67. The Bertz CT molecular complexity index is 1220. The zero-order chi connectivity index (χ0) is 22.2. The average molecular weight is 430 g/mol. The molecule has 2 aliphatic rings. The molecule has 5 rings (SSSR count). The van der Waals surface area contributed by atoms with Crippen LogP contribution in [0.5, 0.6) is 0 Å². The van der Waals surface area contributed by atoms with Crippen LogP contribution in [0.2, 0.25) is 0 Å². The van der Waals surface area contributed by atoms with Gasteiger partial charge >= 0.3 is 6.03 Å². The lowest BCUT2D eigenvalue weighted by atomic mass is 10.1. The van der Waals surface area contributed by atoms with Crippen molar-refractivity contribution in [3.63, 3.8) is 0 Å². The number of urea groups is 1. The first-order valence-electron chi connectivity index (χ1n) is 10.3. The Balaban J connectivity index is 1.54. The lowest BCUT2D eigenvalue weighted by Gasteiger charge is -2.36. The molecule has 2 N–H and O–H groups in total. The van der Waals surface area contributed by atoms with Crippen LogP contribution in [0.3, 0.4) is 0 Å². The Hall–Kier alpha value is -4.21. The van der Waals surface area contributed by atoms with Gasteiger partial charge in [-0.1, -0.05) is 12.6 Å². The Morgan fingerprint density at radius 1 is 1.28 bits per heavy atom. The van der Waals surface area contributed by atoms with Gasteiger partial charge in [0.15, 0.2) is 11.6 Å². The summed E-state index contributed by atoms with van der Waals surface area (Å²) in [5.74, 6) is 1.13. The number of anilines is 5. The number of carbonyl (C=O) groups is 2. The van der Waals surface area contributed by atoms with Gasteiger partial charge in [-0.15, -0.1) is 0 Å². The van der Waals surface area contributed by atoms with Crippen LogP contribution < -0.4 is 15.5 Å². The minimum Gasteiger partial charge on any atom is -0.322 e. The molecule has 2 aromatic heterocycles. The summed E-state index contributed by atoms with van der Waals surface area (Å²) in [6.07, 6.45) is 6.74. The third kappa shape index (κ3) is 3.78. The average Bonchev–Trinajstić information content (AvgIpc) is 3.55. The van der Waals surface area contributed by atoms with E-state index in [1.807, 2.05) is 30.3 Å². The van der Waals surface area contributed by atoms with Crippen LogP contribution in [0.25, 0.3) is 0 Å². The van der Waals surface area contributed by atoms with E-state index in [4.69, 9.17) is 0 Å². The van der Waals surface area contributed by atoms with Crippen molar-refractivity contribution in [2.75, 3.05) is 15.5 Å². The second-order valence-electron chi connectivity index (χ2n) is 7.76. The normalized spacial score (nSPS) is 15.3. The third-order valence-electron chi connectivity index (χ3n) is 5.33. The Labute approximate surface area is 184 Å². The Kier molecular flexibility index (Phi) is 4.81. The standard InChI is InChI=1S/C22H22N8O2/c1-3-19(31)24-15-5-4-6-17(11-15)30-20-14(13-29(22(30)32)16-7-8-16)12-23-21(26-20)25-18-9-10-28(2)27-18/h3-6,9-12,16H,1,7-8,13H2,2H3,(H,24,31)(H,23,25,26,27). The number of aryl methyl sites for hydroxylation is 1. The van der Waals surface area contributed by atoms with Crippen LogP contribution in [0.1, 0.15) is 18.4 Å². The summed E-state index contributed by atoms with van der Waals surface area (Å²) in [6.45, 7) is 3.94. The first-order valence-corrected chi connectivity index (χ1v) is 10.3. The van der Waals surface area contributed by atoms with Crippen LogP contribution in [0.4, 0.5) is 33.8 Å². The number of amides is 3. The molecule has 3 heterocycles. The second kappa shape index (κ2) is 7.80. The molecule has 1 saturated carbocycles. The minimum atomic E-state index is -0.323. The van der Waals surface area contributed by atoms with Crippen LogP contribution >= 0.6 is 0 Å². The molecule has 0 unspecified atom stereocenters. The molecule has 1 aliphatic heterocycles. The number of rotatable bonds is 6. The summed E-state index contributed by atoms with van der Waals surface area (Å²) in [5, 5.41) is 10.1. The van der Waals surface area contributed by atoms with Gasteiger partial charge in [0.1, 0.15) is 0 Å². The van der Waals surface area contributed by atoms with Gasteiger partial charge in [0.2, 0.25) is 11.9 Å². The summed E-state index contributed by atoms with van der Waals surface area (Å²) >= 11 is 0. The lowest BCUT2D eigenvalue weighted by molar-refractivity contribution is -0.111. The SMILES string of the molecule is C=CC(=O)Nc1cccc(N2C(=O)N(C3CC3)Cc3cnc(Nc4ccn(C)n4)nc32)c1. The highest BCUT2D eigenvalue weighted by Gasteiger charge is 2.41. The van der Waals surface area contributed by atoms with Crippen molar-refractivity contribution in [1.29, 1.82) is 0 Å². The maximum Gasteiger partial charge on any atom is 0.330 e. The highest BCUT2D eigenvalue weighted by atomic mass is 16.2. The third-order valence-corrected chi connectivity index (χ3v) is 5.33. The number of hydrogen-bond donors (Lipinski definition) is 2. The molecule has 3 aromatic rings. The fourth-order valence-corrected chi connectivity index (χ4v) is 3.65. The molecule has 10 nitrogen and oxygen atoms in total. The van der Waals surface area contributed by atoms with E-state index < -0.39 is 0 Å². The van der Waals surface area contributed by atoms with Gasteiger partial charge in [-0.3, -0.25) is 9.48 Å². The first kappa shape index (κ1) is 19.7. The van der Waals surface area contributed by atoms with E-state index in [-0.39, 0.29) is 18.0 Å². The predicted octanol–water partition coefficient (Wildman–Crippen LogP) is 3.31. The number of nitrogens with one attached hydrogen (secondary N) is 2. The lowest BCUT2D eigenvalue weighted by Crippen LogP contribution is -2.46. The number of benzene rings is 1. The number of fused-ring (bicyclic) bond motifs is 1. The predicted molar refractivity (Wildman–Crippen MR) is 120 cm³/mol. The minimum absolute atomic E-state index is 0.144. The van der Waals surface area contributed by atoms with Crippen molar-refractivity contribution in [2.45, 2.75) is 25.4 Å². The Morgan fingerprint density at radius 2 is 2.12 bits per heavy atom. The monoisotopic (exact) mass is 430 g/mol. The number of carbonyl (C=O) groups excluding carboxylic acids is 2. The van der Waals surface area contributed by atoms with Crippen molar-refractivity contribution >= 4 is 40.9 Å². The number of hydrogen-bond acceptors (Lipinski definition) is 6. The highest BCUT2D eigenvalue weighted by molar-refractivity contribution is 6.03. The van der Waals surface area contributed by atoms with Crippen LogP contribution in [-0.4, -0.2) is 42.6 Å². The van der Waals surface area contributed by atoms with E-state index in [0.29, 0.717) is 35.5 Å². The largest absolute Gasteiger partial charge is 0.330 e. The second-order valence-corrected chi connectivity index (χ2v) is 7.76. The van der Waals surface area contributed by atoms with Gasteiger partial charge < -0.3 is 15.5 Å². The molecule has 0 spiro atoms. The van der Waals surface area contributed by atoms with Crippen LogP contribution in [0, 0.1) is 0 Å². The molecule has 0 saturated heterocycles. The first-order chi connectivity index (χ1) is 15.5. The van der Waals surface area contributed by atoms with Crippen molar-refractivity contribution < 1.29 is 9.59 Å². The summed E-state index contributed by atoms with van der Waals surface area (Å²) in [6, 6.07) is 9.00. The number of aromatic nitrogens is 4. The molecule has 10 heteroatoms. The van der Waals surface area contributed by atoms with Crippen molar-refractivity contribution in [2.24, 2.45) is 7.05 Å². The van der Waals surface area contributed by atoms with Gasteiger partial charge in [-0.25, -0.2) is 14.7 Å². The van der Waals surface area contributed by atoms with E-state index in [1.54, 1.807) is 34.0 Å². The van der Waals surface area contributed by atoms with Crippen LogP contribution in [0.15, 0.2) is 55.4 Å². The molecule has 1 aliphatic carbocycles. The maximum absolute atomic E-state index is 13.5. The van der Waals surface area contributed by atoms with E-state index in [0.717, 1.165) is 18.4 Å². The van der Waals surface area contributed by atoms with Gasteiger partial charge in [-0.2, -0.15) is 10.1 Å². The fraction of sp³-hybridized carbons (Fsp3) is 0.227. The quantitative estimate of drug-likeness (QED) is 0.581. The van der Waals surface area contributed by atoms with Gasteiger partial charge in [0, 0.05) is 42.8 Å². The van der Waals surface area contributed by atoms with Gasteiger partial charge in [0.25, 0.3) is 0 Å².